The first-order valence-corrected chi connectivity index (χ1v) is 25.6. The molecule has 0 spiro atoms. The van der Waals surface area contributed by atoms with E-state index in [1.165, 1.54) is 25.3 Å². The van der Waals surface area contributed by atoms with Crippen LogP contribution in [0, 0.1) is 0 Å². The highest BCUT2D eigenvalue weighted by Gasteiger charge is 2.58. The third kappa shape index (κ3) is 16.2. The van der Waals surface area contributed by atoms with Crippen LogP contribution >= 0.6 is 0 Å². The number of alkyl halides is 3. The number of ether oxygens (including phenoxy) is 10. The van der Waals surface area contributed by atoms with E-state index < -0.39 is 104 Å². The summed E-state index contributed by atoms with van der Waals surface area (Å²) in [6.45, 7) is 3.32. The third-order valence-electron chi connectivity index (χ3n) is 13.0. The van der Waals surface area contributed by atoms with Gasteiger partial charge in [-0.25, -0.2) is 0 Å². The first-order valence-electron chi connectivity index (χ1n) is 25.6. The minimum absolute atomic E-state index is 0.0314. The van der Waals surface area contributed by atoms with Crippen molar-refractivity contribution in [2.75, 3.05) is 6.61 Å². The molecule has 17 heteroatoms. The molecular weight excluding hydrogens is 1010 g/mol. The number of carbonyl (C=O) groups is 3. The van der Waals surface area contributed by atoms with Crippen molar-refractivity contribution in [2.45, 2.75) is 127 Å². The zero-order chi connectivity index (χ0) is 54.9. The van der Waals surface area contributed by atoms with Crippen molar-refractivity contribution in [3.63, 3.8) is 0 Å². The molecule has 2 fully saturated rings. The van der Waals surface area contributed by atoms with Crippen LogP contribution in [0.2, 0.25) is 0 Å². The van der Waals surface area contributed by atoms with Gasteiger partial charge in [0.1, 0.15) is 55.4 Å². The van der Waals surface area contributed by atoms with Gasteiger partial charge < -0.3 is 47.4 Å². The number of halogens is 3. The van der Waals surface area contributed by atoms with Gasteiger partial charge in [0.25, 0.3) is 0 Å². The molecule has 0 N–H and O–H groups in total. The fourth-order valence-electron chi connectivity index (χ4n) is 9.30. The van der Waals surface area contributed by atoms with Crippen LogP contribution in [0.4, 0.5) is 13.2 Å². The molecule has 1 saturated carbocycles. The summed E-state index contributed by atoms with van der Waals surface area (Å²) in [5.74, 6) is -2.31. The molecule has 1 aliphatic carbocycles. The summed E-state index contributed by atoms with van der Waals surface area (Å²) in [5, 5.41) is 0. The highest BCUT2D eigenvalue weighted by atomic mass is 19.4. The van der Waals surface area contributed by atoms with E-state index in [0.29, 0.717) is 0 Å². The second kappa shape index (κ2) is 28.0. The lowest BCUT2D eigenvalue weighted by Crippen LogP contribution is -2.69. The van der Waals surface area contributed by atoms with Gasteiger partial charge in [0, 0.05) is 27.0 Å². The van der Waals surface area contributed by atoms with Gasteiger partial charge >= 0.3 is 24.1 Å². The van der Waals surface area contributed by atoms with Crippen LogP contribution in [0.5, 0.6) is 0 Å². The van der Waals surface area contributed by atoms with Crippen LogP contribution in [0.25, 0.3) is 0 Å². The SMILES string of the molecule is CC(=O)OC[C@H]1O[C@H](OC2[C@@H](OCc3ccccc3)[C@H](OCc3ccccc3)C(OCc3ccccc3)[C@@H](OCc3ccccc3)[C@H]2OCc2ccccc2)[C@H](N=Cc2ccc(C(F)(F)F)cc2)[C@@H](OC(C)=O)[C@@H]1OC(C)=O. The number of benzene rings is 6. The molecule has 8 rings (SSSR count). The lowest BCUT2D eigenvalue weighted by Gasteiger charge is -2.51. The summed E-state index contributed by atoms with van der Waals surface area (Å²) in [6.07, 6.45) is -15.8. The van der Waals surface area contributed by atoms with Crippen LogP contribution in [0.3, 0.4) is 0 Å². The normalized spacial score (nSPS) is 24.3. The first-order chi connectivity index (χ1) is 37.8. The predicted molar refractivity (Wildman–Crippen MR) is 279 cm³/mol. The van der Waals surface area contributed by atoms with Crippen molar-refractivity contribution in [3.8, 4) is 0 Å². The molecule has 2 aliphatic rings. The summed E-state index contributed by atoms with van der Waals surface area (Å²) >= 11 is 0. The number of carbonyl (C=O) groups excluding carboxylic acids is 3. The van der Waals surface area contributed by atoms with E-state index in [1.54, 1.807) is 0 Å². The minimum Gasteiger partial charge on any atom is -0.463 e. The Morgan fingerprint density at radius 2 is 0.808 bits per heavy atom. The molecule has 1 aliphatic heterocycles. The number of hydrogen-bond donors (Lipinski definition) is 0. The Kier molecular flexibility index (Phi) is 20.5. The smallest absolute Gasteiger partial charge is 0.416 e. The van der Waals surface area contributed by atoms with Gasteiger partial charge in [0.05, 0.1) is 38.6 Å². The molecule has 14 nitrogen and oxygen atoms in total. The number of aliphatic imine (C=N–C) groups is 1. The molecule has 0 amide bonds. The molecule has 0 bridgehead atoms. The summed E-state index contributed by atoms with van der Waals surface area (Å²) in [7, 11) is 0. The van der Waals surface area contributed by atoms with Gasteiger partial charge in [0.2, 0.25) is 0 Å². The first kappa shape index (κ1) is 57.1. The van der Waals surface area contributed by atoms with E-state index in [0.717, 1.165) is 53.8 Å². The molecule has 1 saturated heterocycles. The van der Waals surface area contributed by atoms with Crippen molar-refractivity contribution in [3.05, 3.63) is 215 Å². The van der Waals surface area contributed by atoms with Crippen LogP contribution in [-0.2, 0) is 101 Å². The fraction of sp³-hybridized carbons (Fsp3) is 0.344. The van der Waals surface area contributed by atoms with Crippen molar-refractivity contribution in [2.24, 2.45) is 4.99 Å². The lowest BCUT2D eigenvalue weighted by atomic mass is 9.83. The molecule has 410 valence electrons. The van der Waals surface area contributed by atoms with Gasteiger partial charge in [-0.2, -0.15) is 13.2 Å². The molecule has 0 radical (unpaired) electrons. The van der Waals surface area contributed by atoms with Gasteiger partial charge in [-0.05, 0) is 45.5 Å². The van der Waals surface area contributed by atoms with Crippen molar-refractivity contribution in [1.29, 1.82) is 0 Å². The lowest BCUT2D eigenvalue weighted by molar-refractivity contribution is -0.337. The highest BCUT2D eigenvalue weighted by molar-refractivity contribution is 5.80. The van der Waals surface area contributed by atoms with Gasteiger partial charge in [-0.1, -0.05) is 164 Å². The summed E-state index contributed by atoms with van der Waals surface area (Å²) in [4.78, 5) is 43.4. The topological polar surface area (TPSA) is 156 Å². The van der Waals surface area contributed by atoms with Crippen LogP contribution in [0.1, 0.15) is 59.7 Å². The predicted octanol–water partition coefficient (Wildman–Crippen LogP) is 9.97. The average Bonchev–Trinajstić information content (AvgIpc) is 3.60. The maximum absolute atomic E-state index is 13.7. The number of hydrogen-bond acceptors (Lipinski definition) is 14. The van der Waals surface area contributed by atoms with Crippen LogP contribution < -0.4 is 0 Å². The van der Waals surface area contributed by atoms with Gasteiger partial charge in [-0.3, -0.25) is 19.4 Å². The Labute approximate surface area is 451 Å². The molecular formula is C61H62F3NO13. The minimum atomic E-state index is -4.62. The Balaban J connectivity index is 1.31. The quantitative estimate of drug-likeness (QED) is 0.0340. The monoisotopic (exact) mass is 1070 g/mol. The van der Waals surface area contributed by atoms with E-state index in [1.807, 2.05) is 152 Å². The van der Waals surface area contributed by atoms with Crippen molar-refractivity contribution >= 4 is 24.1 Å². The second-order valence-corrected chi connectivity index (χ2v) is 18.8. The third-order valence-corrected chi connectivity index (χ3v) is 13.0. The maximum atomic E-state index is 13.7. The zero-order valence-electron chi connectivity index (χ0n) is 43.3. The molecule has 2 unspecified atom stereocenters. The highest BCUT2D eigenvalue weighted by Crippen LogP contribution is 2.40. The fourth-order valence-corrected chi connectivity index (χ4v) is 9.30. The maximum Gasteiger partial charge on any atom is 0.416 e. The molecule has 11 atom stereocenters. The average molecular weight is 1070 g/mol. The standard InChI is InChI=1S/C61H62F3NO13/c1-40(66)69-39-50-52(75-41(2)67)53(76-42(3)68)51(65-33-43-29-31-49(32-30-43)61(62,63)64)60(77-50)78-59-57(73-37-47-25-15-7-16-26-47)55(71-35-45-21-11-5-12-22-45)54(70-34-44-19-9-4-10-20-44)56(72-36-46-23-13-6-14-24-46)58(59)74-38-48-27-17-8-18-28-48/h4-33,50-60H,34-39H2,1-3H3/t50-,51-,52-,53-,54?,55-,56-,57-,58+,59?,60-/m1/s1. The number of rotatable bonds is 23. The largest absolute Gasteiger partial charge is 0.463 e. The summed E-state index contributed by atoms with van der Waals surface area (Å²) in [6, 6.07) is 50.5. The van der Waals surface area contributed by atoms with E-state index in [-0.39, 0.29) is 38.6 Å². The van der Waals surface area contributed by atoms with Crippen LogP contribution in [0.15, 0.2) is 181 Å². The van der Waals surface area contributed by atoms with E-state index in [2.05, 4.69) is 0 Å². The van der Waals surface area contributed by atoms with Crippen molar-refractivity contribution < 1.29 is 74.9 Å². The Bertz CT molecular complexity index is 2710. The number of esters is 3. The van der Waals surface area contributed by atoms with Crippen LogP contribution in [-0.4, -0.2) is 98.0 Å². The molecule has 0 aromatic heterocycles. The zero-order valence-corrected chi connectivity index (χ0v) is 43.3. The molecule has 6 aromatic carbocycles. The van der Waals surface area contributed by atoms with E-state index in [4.69, 9.17) is 52.4 Å². The Morgan fingerprint density at radius 3 is 1.14 bits per heavy atom. The molecule has 78 heavy (non-hydrogen) atoms. The van der Waals surface area contributed by atoms with Gasteiger partial charge in [0.15, 0.2) is 18.5 Å². The summed E-state index contributed by atoms with van der Waals surface area (Å²) in [5.41, 5.74) is 3.49. The Morgan fingerprint density at radius 1 is 0.462 bits per heavy atom. The number of nitrogens with zero attached hydrogens (tertiary/aromatic N) is 1. The van der Waals surface area contributed by atoms with Gasteiger partial charge in [-0.15, -0.1) is 0 Å². The Hall–Kier alpha value is -7.09. The molecule has 1 heterocycles. The van der Waals surface area contributed by atoms with Crippen molar-refractivity contribution in [1.82, 2.24) is 0 Å². The van der Waals surface area contributed by atoms with E-state index >= 15 is 0 Å². The molecule has 6 aromatic rings. The summed E-state index contributed by atoms with van der Waals surface area (Å²) < 4.78 is 108. The van der Waals surface area contributed by atoms with E-state index in [9.17, 15) is 27.6 Å². The second-order valence-electron chi connectivity index (χ2n) is 18.8.